The van der Waals surface area contributed by atoms with E-state index in [9.17, 15) is 0 Å². The maximum Gasteiger partial charge on any atom is 0.101 e. The van der Waals surface area contributed by atoms with Gasteiger partial charge in [0.05, 0.1) is 5.57 Å². The smallest absolute Gasteiger partial charge is 0.101 e. The quantitative estimate of drug-likeness (QED) is 0.801. The van der Waals surface area contributed by atoms with E-state index in [4.69, 9.17) is 5.26 Å². The number of anilines is 1. The Bertz CT molecular complexity index is 536. The molecule has 0 unspecified atom stereocenters. The molecule has 17 heavy (non-hydrogen) atoms. The molecule has 0 aliphatic rings. The number of nitriles is 1. The van der Waals surface area contributed by atoms with E-state index < -0.39 is 0 Å². The number of nitrogens with zero attached hydrogens (tertiary/aromatic N) is 1. The monoisotopic (exact) mass is 220 g/mol. The van der Waals surface area contributed by atoms with Gasteiger partial charge in [0.15, 0.2) is 0 Å². The fourth-order valence-electron chi connectivity index (χ4n) is 1.49. The van der Waals surface area contributed by atoms with Gasteiger partial charge in [-0.15, -0.1) is 0 Å². The molecule has 0 bridgehead atoms. The molecule has 2 aromatic carbocycles. The minimum absolute atomic E-state index is 0.620. The first-order valence-corrected chi connectivity index (χ1v) is 5.37. The van der Waals surface area contributed by atoms with E-state index in [0.29, 0.717) is 5.57 Å². The van der Waals surface area contributed by atoms with Gasteiger partial charge in [-0.05, 0) is 17.7 Å². The highest BCUT2D eigenvalue weighted by atomic mass is 14.8. The van der Waals surface area contributed by atoms with Crippen LogP contribution in [0.3, 0.4) is 0 Å². The molecule has 82 valence electrons. The maximum atomic E-state index is 9.10. The fourth-order valence-corrected chi connectivity index (χ4v) is 1.49. The summed E-state index contributed by atoms with van der Waals surface area (Å²) in [5, 5.41) is 12.2. The van der Waals surface area contributed by atoms with E-state index in [1.54, 1.807) is 6.20 Å². The van der Waals surface area contributed by atoms with Crippen LogP contribution in [0.15, 0.2) is 66.9 Å². The Morgan fingerprint density at radius 1 is 0.941 bits per heavy atom. The molecule has 1 N–H and O–H groups in total. The van der Waals surface area contributed by atoms with E-state index in [-0.39, 0.29) is 0 Å². The van der Waals surface area contributed by atoms with E-state index in [0.717, 1.165) is 11.3 Å². The molecule has 0 aliphatic heterocycles. The summed E-state index contributed by atoms with van der Waals surface area (Å²) in [6.45, 7) is 0. The normalized spacial score (nSPS) is 10.6. The number of rotatable bonds is 3. The van der Waals surface area contributed by atoms with Gasteiger partial charge in [-0.2, -0.15) is 5.26 Å². The van der Waals surface area contributed by atoms with E-state index in [1.165, 1.54) is 0 Å². The van der Waals surface area contributed by atoms with Crippen LogP contribution in [0.25, 0.3) is 5.57 Å². The van der Waals surface area contributed by atoms with Crippen molar-refractivity contribution in [3.05, 3.63) is 72.4 Å². The molecular formula is C15H12N2. The highest BCUT2D eigenvalue weighted by Crippen LogP contribution is 2.14. The zero-order chi connectivity index (χ0) is 11.9. The lowest BCUT2D eigenvalue weighted by molar-refractivity contribution is 1.50. The first-order valence-electron chi connectivity index (χ1n) is 5.37. The highest BCUT2D eigenvalue weighted by Gasteiger charge is 1.98. The topological polar surface area (TPSA) is 35.8 Å². The van der Waals surface area contributed by atoms with Crippen LogP contribution in [-0.2, 0) is 0 Å². The summed E-state index contributed by atoms with van der Waals surface area (Å²) in [6, 6.07) is 21.6. The first kappa shape index (κ1) is 11.0. The van der Waals surface area contributed by atoms with Crippen LogP contribution in [0.1, 0.15) is 5.56 Å². The Hall–Kier alpha value is -2.53. The van der Waals surface area contributed by atoms with Gasteiger partial charge in [0, 0.05) is 11.9 Å². The Balaban J connectivity index is 2.18. The van der Waals surface area contributed by atoms with E-state index >= 15 is 0 Å². The lowest BCUT2D eigenvalue weighted by Gasteiger charge is -2.02. The Morgan fingerprint density at radius 3 is 2.12 bits per heavy atom. The summed E-state index contributed by atoms with van der Waals surface area (Å²) in [4.78, 5) is 0. The van der Waals surface area contributed by atoms with Crippen molar-refractivity contribution >= 4 is 11.3 Å². The second kappa shape index (κ2) is 5.53. The zero-order valence-corrected chi connectivity index (χ0v) is 9.30. The number of allylic oxidation sites excluding steroid dienone is 1. The fraction of sp³-hybridized carbons (Fsp3) is 0. The molecule has 0 amide bonds. The van der Waals surface area contributed by atoms with Crippen molar-refractivity contribution in [3.8, 4) is 6.07 Å². The third-order valence-electron chi connectivity index (χ3n) is 2.36. The summed E-state index contributed by atoms with van der Waals surface area (Å²) in [5.41, 5.74) is 2.50. The lowest BCUT2D eigenvalue weighted by atomic mass is 10.1. The molecule has 0 fully saturated rings. The molecule has 2 rings (SSSR count). The SMILES string of the molecule is N#C/C(=C\Nc1ccccc1)c1ccccc1. The van der Waals surface area contributed by atoms with Gasteiger partial charge in [-0.3, -0.25) is 0 Å². The average molecular weight is 220 g/mol. The molecule has 0 saturated carbocycles. The molecule has 0 radical (unpaired) electrons. The minimum atomic E-state index is 0.620. The number of benzene rings is 2. The predicted octanol–water partition coefficient (Wildman–Crippen LogP) is 3.66. The van der Waals surface area contributed by atoms with Crippen LogP contribution in [0.4, 0.5) is 5.69 Å². The molecule has 2 heteroatoms. The van der Waals surface area contributed by atoms with Crippen molar-refractivity contribution in [2.24, 2.45) is 0 Å². The number of hydrogen-bond acceptors (Lipinski definition) is 2. The van der Waals surface area contributed by atoms with Gasteiger partial charge in [0.25, 0.3) is 0 Å². The van der Waals surface area contributed by atoms with Gasteiger partial charge in [-0.1, -0.05) is 48.5 Å². The molecule has 0 heterocycles. The minimum Gasteiger partial charge on any atom is -0.360 e. The Kier molecular flexibility index (Phi) is 3.57. The predicted molar refractivity (Wildman–Crippen MR) is 70.1 cm³/mol. The highest BCUT2D eigenvalue weighted by molar-refractivity contribution is 5.78. The van der Waals surface area contributed by atoms with Crippen molar-refractivity contribution in [2.75, 3.05) is 5.32 Å². The molecule has 0 spiro atoms. The van der Waals surface area contributed by atoms with E-state index in [1.807, 2.05) is 60.7 Å². The van der Waals surface area contributed by atoms with Crippen molar-refractivity contribution in [1.29, 1.82) is 5.26 Å². The molecule has 0 saturated heterocycles. The van der Waals surface area contributed by atoms with Gasteiger partial charge < -0.3 is 5.32 Å². The van der Waals surface area contributed by atoms with Crippen LogP contribution in [0.5, 0.6) is 0 Å². The van der Waals surface area contributed by atoms with Gasteiger partial charge in [-0.25, -0.2) is 0 Å². The molecule has 2 aromatic rings. The maximum absolute atomic E-state index is 9.10. The summed E-state index contributed by atoms with van der Waals surface area (Å²) in [7, 11) is 0. The van der Waals surface area contributed by atoms with Crippen molar-refractivity contribution < 1.29 is 0 Å². The van der Waals surface area contributed by atoms with Crippen LogP contribution < -0.4 is 5.32 Å². The van der Waals surface area contributed by atoms with Crippen molar-refractivity contribution in [1.82, 2.24) is 0 Å². The number of hydrogen-bond donors (Lipinski definition) is 1. The molecule has 0 atom stereocenters. The lowest BCUT2D eigenvalue weighted by Crippen LogP contribution is -1.90. The van der Waals surface area contributed by atoms with Gasteiger partial charge in [0.1, 0.15) is 6.07 Å². The second-order valence-electron chi connectivity index (χ2n) is 3.55. The van der Waals surface area contributed by atoms with Crippen LogP contribution in [0.2, 0.25) is 0 Å². The zero-order valence-electron chi connectivity index (χ0n) is 9.30. The van der Waals surface area contributed by atoms with Crippen LogP contribution in [0, 0.1) is 11.3 Å². The number of para-hydroxylation sites is 1. The summed E-state index contributed by atoms with van der Waals surface area (Å²) < 4.78 is 0. The summed E-state index contributed by atoms with van der Waals surface area (Å²) in [6.07, 6.45) is 1.73. The Morgan fingerprint density at radius 2 is 1.53 bits per heavy atom. The second-order valence-corrected chi connectivity index (χ2v) is 3.55. The largest absolute Gasteiger partial charge is 0.360 e. The summed E-state index contributed by atoms with van der Waals surface area (Å²) in [5.74, 6) is 0. The van der Waals surface area contributed by atoms with Gasteiger partial charge >= 0.3 is 0 Å². The van der Waals surface area contributed by atoms with Crippen LogP contribution in [-0.4, -0.2) is 0 Å². The molecular weight excluding hydrogens is 208 g/mol. The molecule has 2 nitrogen and oxygen atoms in total. The third kappa shape index (κ3) is 2.96. The van der Waals surface area contributed by atoms with Crippen LogP contribution >= 0.6 is 0 Å². The van der Waals surface area contributed by atoms with E-state index in [2.05, 4.69) is 11.4 Å². The van der Waals surface area contributed by atoms with Crippen molar-refractivity contribution in [2.45, 2.75) is 0 Å². The first-order chi connectivity index (χ1) is 8.40. The summed E-state index contributed by atoms with van der Waals surface area (Å²) >= 11 is 0. The average Bonchev–Trinajstić information content (AvgIpc) is 2.42. The van der Waals surface area contributed by atoms with Gasteiger partial charge in [0.2, 0.25) is 0 Å². The van der Waals surface area contributed by atoms with Crippen molar-refractivity contribution in [3.63, 3.8) is 0 Å². The standard InChI is InChI=1S/C15H12N2/c16-11-14(13-7-3-1-4-8-13)12-17-15-9-5-2-6-10-15/h1-10,12,17H/b14-12+. The number of nitrogens with one attached hydrogen (secondary N) is 1. The molecule has 0 aliphatic carbocycles. The Labute approximate surface area is 101 Å². The molecule has 0 aromatic heterocycles. The third-order valence-corrected chi connectivity index (χ3v) is 2.36.